The maximum atomic E-state index is 12.9. The van der Waals surface area contributed by atoms with Crippen LogP contribution in [0.3, 0.4) is 0 Å². The molecule has 1 heterocycles. The molecular weight excluding hydrogens is 567 g/mol. The average Bonchev–Trinajstić information content (AvgIpc) is 2.91. The third-order valence-electron chi connectivity index (χ3n) is 8.43. The zero-order valence-corrected chi connectivity index (χ0v) is 25.7. The summed E-state index contributed by atoms with van der Waals surface area (Å²) >= 11 is 13.3. The van der Waals surface area contributed by atoms with Crippen molar-refractivity contribution < 1.29 is 27.4 Å². The Hall–Kier alpha value is -0.400. The predicted octanol–water partition coefficient (Wildman–Crippen LogP) is 2.25. The molecule has 1 aliphatic heterocycles. The molecule has 13 heteroatoms. The largest absolute Gasteiger partial charge is 0.378 e. The van der Waals surface area contributed by atoms with Crippen molar-refractivity contribution in [1.82, 2.24) is 20.3 Å². The molecule has 0 spiro atoms. The molecule has 3 aliphatic rings. The molecule has 39 heavy (non-hydrogen) atoms. The van der Waals surface area contributed by atoms with Gasteiger partial charge in [-0.1, -0.05) is 0 Å². The van der Waals surface area contributed by atoms with Crippen molar-refractivity contribution in [3.63, 3.8) is 0 Å². The number of alkyl halides is 2. The zero-order chi connectivity index (χ0) is 28.3. The number of nitrogens with one attached hydrogen (secondary N) is 3. The molecule has 5 unspecified atom stereocenters. The zero-order valence-electron chi connectivity index (χ0n) is 23.4. The van der Waals surface area contributed by atoms with E-state index in [0.717, 1.165) is 38.8 Å². The Balaban J connectivity index is 1.25. The first-order valence-corrected chi connectivity index (χ1v) is 16.8. The monoisotopic (exact) mass is 614 g/mol. The highest BCUT2D eigenvalue weighted by atomic mass is 35.5. The minimum atomic E-state index is -3.37. The molecule has 2 aliphatic carbocycles. The maximum absolute atomic E-state index is 12.9. The molecule has 10 nitrogen and oxygen atoms in total. The lowest BCUT2D eigenvalue weighted by Crippen LogP contribution is -2.53. The smallest absolute Gasteiger partial charge is 0.314 e. The number of ether oxygens (including phenoxy) is 3. The molecule has 2 amide bonds. The fourth-order valence-electron chi connectivity index (χ4n) is 6.49. The van der Waals surface area contributed by atoms with E-state index in [-0.39, 0.29) is 28.6 Å². The number of amides is 2. The van der Waals surface area contributed by atoms with E-state index in [1.54, 1.807) is 7.05 Å². The number of sulfonamides is 1. The van der Waals surface area contributed by atoms with Crippen molar-refractivity contribution in [2.24, 2.45) is 23.7 Å². The average molecular weight is 616 g/mol. The number of nitrogens with zero attached hydrogens (tertiary/aromatic N) is 1. The van der Waals surface area contributed by atoms with E-state index in [1.165, 1.54) is 0 Å². The molecule has 0 aromatic rings. The Kier molecular flexibility index (Phi) is 14.3. The van der Waals surface area contributed by atoms with Crippen molar-refractivity contribution >= 4 is 39.3 Å². The molecule has 1 saturated heterocycles. The minimum absolute atomic E-state index is 0.134. The van der Waals surface area contributed by atoms with Crippen LogP contribution >= 0.6 is 23.2 Å². The van der Waals surface area contributed by atoms with E-state index in [1.807, 2.05) is 0 Å². The lowest BCUT2D eigenvalue weighted by atomic mass is 9.63. The van der Waals surface area contributed by atoms with Gasteiger partial charge in [-0.2, -0.15) is 0 Å². The molecule has 0 bridgehead atoms. The second-order valence-corrected chi connectivity index (χ2v) is 14.3. The third kappa shape index (κ3) is 10.7. The van der Waals surface area contributed by atoms with Crippen molar-refractivity contribution in [3.05, 3.63) is 0 Å². The highest BCUT2D eigenvalue weighted by Crippen LogP contribution is 2.48. The SMILES string of the molecule is CNC(=O)NCCOCCOCCOCCNS(=O)(=O)C1CCC(C2CN(C)CC3C(Cl)CC(Cl)CC32)CC1. The van der Waals surface area contributed by atoms with E-state index in [4.69, 9.17) is 37.4 Å². The highest BCUT2D eigenvalue weighted by Gasteiger charge is 2.47. The molecule has 3 fully saturated rings. The number of rotatable bonds is 15. The molecule has 2 saturated carbocycles. The van der Waals surface area contributed by atoms with Crippen LogP contribution in [0, 0.1) is 23.7 Å². The first-order valence-electron chi connectivity index (χ1n) is 14.3. The van der Waals surface area contributed by atoms with Gasteiger partial charge in [0.15, 0.2) is 0 Å². The Bertz CT molecular complexity index is 833. The van der Waals surface area contributed by atoms with Gasteiger partial charge >= 0.3 is 6.03 Å². The first-order chi connectivity index (χ1) is 18.7. The van der Waals surface area contributed by atoms with E-state index in [0.29, 0.717) is 82.7 Å². The molecule has 0 aromatic carbocycles. The number of likely N-dealkylation sites (tertiary alicyclic amines) is 1. The van der Waals surface area contributed by atoms with Crippen molar-refractivity contribution in [3.8, 4) is 0 Å². The maximum Gasteiger partial charge on any atom is 0.314 e. The number of urea groups is 1. The molecule has 3 rings (SSSR count). The van der Waals surface area contributed by atoms with E-state index in [2.05, 4.69) is 27.3 Å². The summed E-state index contributed by atoms with van der Waals surface area (Å²) in [5, 5.41) is 5.04. The van der Waals surface area contributed by atoms with Crippen LogP contribution in [-0.4, -0.2) is 115 Å². The van der Waals surface area contributed by atoms with Crippen LogP contribution in [0.15, 0.2) is 0 Å². The number of halogens is 2. The van der Waals surface area contributed by atoms with Gasteiger partial charge in [0.2, 0.25) is 10.0 Å². The lowest BCUT2D eigenvalue weighted by molar-refractivity contribution is 0.0108. The van der Waals surface area contributed by atoms with Gasteiger partial charge in [-0.05, 0) is 69.2 Å². The van der Waals surface area contributed by atoms with Gasteiger partial charge in [-0.25, -0.2) is 17.9 Å². The molecule has 0 radical (unpaired) electrons. The summed E-state index contributed by atoms with van der Waals surface area (Å²) in [7, 11) is 0.368. The Morgan fingerprint density at radius 1 is 0.846 bits per heavy atom. The first kappa shape index (κ1) is 33.1. The molecule has 0 aromatic heterocycles. The van der Waals surface area contributed by atoms with Gasteiger partial charge in [0.25, 0.3) is 0 Å². The minimum Gasteiger partial charge on any atom is -0.378 e. The van der Waals surface area contributed by atoms with E-state index in [9.17, 15) is 13.2 Å². The number of carbonyl (C=O) groups excluding carboxylic acids is 1. The molecule has 5 atom stereocenters. The molecule has 228 valence electrons. The van der Waals surface area contributed by atoms with Crippen LogP contribution < -0.4 is 15.4 Å². The van der Waals surface area contributed by atoms with E-state index < -0.39 is 10.0 Å². The Morgan fingerprint density at radius 3 is 2.08 bits per heavy atom. The van der Waals surface area contributed by atoms with E-state index >= 15 is 0 Å². The molecule has 3 N–H and O–H groups in total. The quantitative estimate of drug-likeness (QED) is 0.191. The topological polar surface area (TPSA) is 118 Å². The normalized spacial score (nSPS) is 31.9. The fourth-order valence-corrected chi connectivity index (χ4v) is 8.96. The standard InChI is InChI=1S/C26H48Cl2N4O6S/c1-29-26(33)30-7-9-36-11-13-38-14-12-37-10-8-31-39(34,35)21-5-3-19(4-6-21)23-17-32(2)18-24-22(23)15-20(27)16-25(24)28/h19-25,31H,3-18H2,1-2H3,(H2,29,30,33). The van der Waals surface area contributed by atoms with Crippen LogP contribution in [-0.2, 0) is 24.2 Å². The van der Waals surface area contributed by atoms with Gasteiger partial charge in [-0.3, -0.25) is 0 Å². The lowest BCUT2D eigenvalue weighted by Gasteiger charge is -2.51. The van der Waals surface area contributed by atoms with Gasteiger partial charge in [0.1, 0.15) is 0 Å². The van der Waals surface area contributed by atoms with Crippen molar-refractivity contribution in [1.29, 1.82) is 0 Å². The van der Waals surface area contributed by atoms with Crippen LogP contribution in [0.1, 0.15) is 38.5 Å². The second-order valence-electron chi connectivity index (χ2n) is 11.1. The Labute approximate surface area is 244 Å². The van der Waals surface area contributed by atoms with Crippen molar-refractivity contribution in [2.45, 2.75) is 54.5 Å². The van der Waals surface area contributed by atoms with Gasteiger partial charge in [0.05, 0.1) is 44.9 Å². The molecular formula is C26H48Cl2N4O6S. The summed E-state index contributed by atoms with van der Waals surface area (Å²) in [5.41, 5.74) is 0. The number of hydrogen-bond acceptors (Lipinski definition) is 7. The third-order valence-corrected chi connectivity index (χ3v) is 11.2. The van der Waals surface area contributed by atoms with Crippen LogP contribution in [0.4, 0.5) is 4.79 Å². The summed E-state index contributed by atoms with van der Waals surface area (Å²) in [4.78, 5) is 13.4. The second kappa shape index (κ2) is 16.9. The Morgan fingerprint density at radius 2 is 1.44 bits per heavy atom. The highest BCUT2D eigenvalue weighted by molar-refractivity contribution is 7.90. The number of fused-ring (bicyclic) bond motifs is 1. The van der Waals surface area contributed by atoms with Gasteiger partial charge < -0.3 is 29.7 Å². The summed E-state index contributed by atoms with van der Waals surface area (Å²) < 4.78 is 44.8. The fraction of sp³-hybridized carbons (Fsp3) is 0.962. The summed E-state index contributed by atoms with van der Waals surface area (Å²) in [5.74, 6) is 2.10. The van der Waals surface area contributed by atoms with Crippen LogP contribution in [0.2, 0.25) is 0 Å². The van der Waals surface area contributed by atoms with Crippen LogP contribution in [0.5, 0.6) is 0 Å². The van der Waals surface area contributed by atoms with Gasteiger partial charge in [0, 0.05) is 44.0 Å². The summed E-state index contributed by atoms with van der Waals surface area (Å²) in [6.45, 7) is 5.14. The van der Waals surface area contributed by atoms with Crippen molar-refractivity contribution in [2.75, 3.05) is 79.9 Å². The predicted molar refractivity (Wildman–Crippen MR) is 154 cm³/mol. The summed E-state index contributed by atoms with van der Waals surface area (Å²) in [6, 6.07) is -0.238. The number of piperidine rings is 1. The summed E-state index contributed by atoms with van der Waals surface area (Å²) in [6.07, 6.45) is 5.19. The van der Waals surface area contributed by atoms with Gasteiger partial charge in [-0.15, -0.1) is 23.2 Å². The van der Waals surface area contributed by atoms with Crippen LogP contribution in [0.25, 0.3) is 0 Å². The number of hydrogen-bond donors (Lipinski definition) is 3. The number of carbonyl (C=O) groups is 1.